The fourth-order valence-electron chi connectivity index (χ4n) is 3.49. The van der Waals surface area contributed by atoms with Gasteiger partial charge in [-0.1, -0.05) is 0 Å². The summed E-state index contributed by atoms with van der Waals surface area (Å²) in [5.74, 6) is -2.71. The lowest BCUT2D eigenvalue weighted by molar-refractivity contribution is -0.192. The van der Waals surface area contributed by atoms with Crippen molar-refractivity contribution in [2.75, 3.05) is 37.7 Å². The van der Waals surface area contributed by atoms with Crippen LogP contribution in [0.25, 0.3) is 0 Å². The van der Waals surface area contributed by atoms with Gasteiger partial charge >= 0.3 is 18.2 Å². The molecule has 174 valence electrons. The largest absolute Gasteiger partial charge is 0.490 e. The number of hydrogen-bond donors (Lipinski definition) is 2. The van der Waals surface area contributed by atoms with Crippen molar-refractivity contribution in [3.05, 3.63) is 24.1 Å². The monoisotopic (exact) mass is 450 g/mol. The van der Waals surface area contributed by atoms with Gasteiger partial charge in [-0.2, -0.15) is 13.2 Å². The fourth-order valence-corrected chi connectivity index (χ4v) is 3.49. The van der Waals surface area contributed by atoms with Gasteiger partial charge in [0.05, 0.1) is 19.7 Å². The number of hydrogen-bond acceptors (Lipinski definition) is 5. The number of morpholine rings is 1. The number of rotatable bonds is 2. The standard InChI is InChI=1S/C17H25FN4O2.C2HF3O2/c1-13(2)20-16(23)22-9-10-24-17(12-22)6-4-8-21(11-17)15-14(18)5-3-7-19-15;3-2(4,5)1(6)7/h3,5,7,13H,4,6,8-12H2,1-2H3,(H,20,23);(H,6,7). The number of aliphatic carboxylic acids is 1. The summed E-state index contributed by atoms with van der Waals surface area (Å²) in [6.45, 7) is 6.79. The van der Waals surface area contributed by atoms with Gasteiger partial charge in [-0.15, -0.1) is 0 Å². The number of urea groups is 1. The molecule has 0 aromatic carbocycles. The zero-order chi connectivity index (χ0) is 23.2. The van der Waals surface area contributed by atoms with Crippen LogP contribution in [-0.4, -0.2) is 77.6 Å². The summed E-state index contributed by atoms with van der Waals surface area (Å²) in [5, 5.41) is 10.1. The molecule has 1 spiro atoms. The van der Waals surface area contributed by atoms with Gasteiger partial charge in [-0.25, -0.2) is 19.0 Å². The van der Waals surface area contributed by atoms with Gasteiger partial charge < -0.3 is 25.0 Å². The first-order valence-corrected chi connectivity index (χ1v) is 9.78. The van der Waals surface area contributed by atoms with E-state index in [1.54, 1.807) is 12.3 Å². The van der Waals surface area contributed by atoms with E-state index < -0.39 is 17.7 Å². The maximum absolute atomic E-state index is 14.1. The Kier molecular flexibility index (Phi) is 8.04. The summed E-state index contributed by atoms with van der Waals surface area (Å²) in [6.07, 6.45) is -1.73. The van der Waals surface area contributed by atoms with Crippen molar-refractivity contribution >= 4 is 17.8 Å². The molecule has 1 aromatic heterocycles. The maximum Gasteiger partial charge on any atom is 0.490 e. The number of carbonyl (C=O) groups excluding carboxylic acids is 1. The SMILES string of the molecule is CC(C)NC(=O)N1CCOC2(CCCN(c3ncccc3F)C2)C1.O=C(O)C(F)(F)F. The molecule has 2 aliphatic heterocycles. The number of ether oxygens (including phenoxy) is 1. The van der Waals surface area contributed by atoms with Crippen LogP contribution in [0.5, 0.6) is 0 Å². The Hall–Kier alpha value is -2.63. The molecular weight excluding hydrogens is 424 g/mol. The van der Waals surface area contributed by atoms with E-state index in [1.165, 1.54) is 6.07 Å². The van der Waals surface area contributed by atoms with Crippen LogP contribution in [0.4, 0.5) is 28.2 Å². The lowest BCUT2D eigenvalue weighted by atomic mass is 9.90. The van der Waals surface area contributed by atoms with Crippen LogP contribution in [0.3, 0.4) is 0 Å². The van der Waals surface area contributed by atoms with E-state index in [0.717, 1.165) is 19.4 Å². The van der Waals surface area contributed by atoms with Crippen LogP contribution in [-0.2, 0) is 9.53 Å². The summed E-state index contributed by atoms with van der Waals surface area (Å²) in [5.41, 5.74) is -0.450. The minimum absolute atomic E-state index is 0.0613. The molecule has 1 atom stereocenters. The smallest absolute Gasteiger partial charge is 0.475 e. The zero-order valence-corrected chi connectivity index (χ0v) is 17.3. The summed E-state index contributed by atoms with van der Waals surface area (Å²) < 4.78 is 51.9. The molecule has 1 aromatic rings. The Labute approximate surface area is 177 Å². The minimum Gasteiger partial charge on any atom is -0.475 e. The molecule has 0 bridgehead atoms. The number of nitrogens with one attached hydrogen (secondary N) is 1. The highest BCUT2D eigenvalue weighted by molar-refractivity contribution is 5.74. The number of aromatic nitrogens is 1. The molecule has 2 aliphatic rings. The topological polar surface area (TPSA) is 95.0 Å². The Bertz CT molecular complexity index is 774. The van der Waals surface area contributed by atoms with E-state index in [2.05, 4.69) is 10.3 Å². The highest BCUT2D eigenvalue weighted by Gasteiger charge is 2.42. The predicted molar refractivity (Wildman–Crippen MR) is 103 cm³/mol. The predicted octanol–water partition coefficient (Wildman–Crippen LogP) is 2.64. The van der Waals surface area contributed by atoms with Crippen LogP contribution < -0.4 is 10.2 Å². The average molecular weight is 450 g/mol. The molecule has 2 fully saturated rings. The third-order valence-corrected chi connectivity index (χ3v) is 4.77. The first kappa shape index (κ1) is 24.6. The van der Waals surface area contributed by atoms with E-state index in [0.29, 0.717) is 32.1 Å². The molecule has 1 unspecified atom stereocenters. The second-order valence-electron chi connectivity index (χ2n) is 7.69. The normalized spacial score (nSPS) is 21.5. The Morgan fingerprint density at radius 1 is 1.29 bits per heavy atom. The number of piperidine rings is 1. The molecule has 12 heteroatoms. The van der Waals surface area contributed by atoms with E-state index in [1.807, 2.05) is 23.6 Å². The highest BCUT2D eigenvalue weighted by atomic mass is 19.4. The van der Waals surface area contributed by atoms with Crippen LogP contribution in [0.15, 0.2) is 18.3 Å². The van der Waals surface area contributed by atoms with Crippen LogP contribution in [0.2, 0.25) is 0 Å². The first-order valence-electron chi connectivity index (χ1n) is 9.78. The number of carbonyl (C=O) groups is 2. The number of anilines is 1. The molecule has 2 N–H and O–H groups in total. The fraction of sp³-hybridized carbons (Fsp3) is 0.632. The molecule has 2 amide bonds. The van der Waals surface area contributed by atoms with Gasteiger partial charge in [-0.3, -0.25) is 0 Å². The number of amides is 2. The Morgan fingerprint density at radius 3 is 2.55 bits per heavy atom. The third-order valence-electron chi connectivity index (χ3n) is 4.77. The van der Waals surface area contributed by atoms with Crippen molar-refractivity contribution in [1.29, 1.82) is 0 Å². The number of halogens is 4. The van der Waals surface area contributed by atoms with Crippen LogP contribution in [0.1, 0.15) is 26.7 Å². The minimum atomic E-state index is -5.08. The van der Waals surface area contributed by atoms with Gasteiger partial charge in [0.15, 0.2) is 11.6 Å². The highest BCUT2D eigenvalue weighted by Crippen LogP contribution is 2.31. The lowest BCUT2D eigenvalue weighted by Crippen LogP contribution is -2.62. The second kappa shape index (κ2) is 10.1. The number of nitrogens with zero attached hydrogens (tertiary/aromatic N) is 3. The van der Waals surface area contributed by atoms with Gasteiger partial charge in [0.2, 0.25) is 0 Å². The molecule has 2 saturated heterocycles. The van der Waals surface area contributed by atoms with Gasteiger partial charge in [0, 0.05) is 25.3 Å². The van der Waals surface area contributed by atoms with Gasteiger partial charge in [0.1, 0.15) is 5.60 Å². The van der Waals surface area contributed by atoms with Crippen molar-refractivity contribution < 1.29 is 37.0 Å². The number of alkyl halides is 3. The Balaban J connectivity index is 0.000000423. The molecule has 3 rings (SSSR count). The number of carboxylic acids is 1. The van der Waals surface area contributed by atoms with E-state index >= 15 is 0 Å². The molecule has 3 heterocycles. The maximum atomic E-state index is 14.1. The summed E-state index contributed by atoms with van der Waals surface area (Å²) in [4.78, 5) is 29.1. The van der Waals surface area contributed by atoms with Crippen molar-refractivity contribution in [1.82, 2.24) is 15.2 Å². The molecule has 0 saturated carbocycles. The summed E-state index contributed by atoms with van der Waals surface area (Å²) in [6, 6.07) is 3.05. The molecular formula is C19H26F4N4O4. The van der Waals surface area contributed by atoms with Gasteiger partial charge in [0.25, 0.3) is 0 Å². The number of pyridine rings is 1. The molecule has 0 aliphatic carbocycles. The van der Waals surface area contributed by atoms with Crippen molar-refractivity contribution in [2.45, 2.75) is 44.5 Å². The third kappa shape index (κ3) is 6.94. The van der Waals surface area contributed by atoms with Crippen molar-refractivity contribution in [3.63, 3.8) is 0 Å². The molecule has 8 nitrogen and oxygen atoms in total. The lowest BCUT2D eigenvalue weighted by Gasteiger charge is -2.48. The zero-order valence-electron chi connectivity index (χ0n) is 17.3. The van der Waals surface area contributed by atoms with Crippen molar-refractivity contribution in [2.24, 2.45) is 0 Å². The van der Waals surface area contributed by atoms with Crippen LogP contribution >= 0.6 is 0 Å². The van der Waals surface area contributed by atoms with Crippen molar-refractivity contribution in [3.8, 4) is 0 Å². The van der Waals surface area contributed by atoms with Gasteiger partial charge in [-0.05, 0) is 38.8 Å². The number of carboxylic acid groups (broad SMARTS) is 1. The molecule has 31 heavy (non-hydrogen) atoms. The Morgan fingerprint density at radius 2 is 1.97 bits per heavy atom. The van der Waals surface area contributed by atoms with E-state index in [9.17, 15) is 22.4 Å². The van der Waals surface area contributed by atoms with Crippen LogP contribution in [0, 0.1) is 5.82 Å². The summed E-state index contributed by atoms with van der Waals surface area (Å²) >= 11 is 0. The first-order chi connectivity index (χ1) is 14.4. The van der Waals surface area contributed by atoms with E-state index in [-0.39, 0.29) is 17.9 Å². The molecule has 0 radical (unpaired) electrons. The van der Waals surface area contributed by atoms with E-state index in [4.69, 9.17) is 14.6 Å². The average Bonchev–Trinajstić information content (AvgIpc) is 2.67. The quantitative estimate of drug-likeness (QED) is 0.673. The summed E-state index contributed by atoms with van der Waals surface area (Å²) in [7, 11) is 0. The second-order valence-corrected chi connectivity index (χ2v) is 7.69.